The molecule has 226 valence electrons. The number of hydrogen-bond donors (Lipinski definition) is 2. The number of alkyl halides is 3. The minimum Gasteiger partial charge on any atom is -0.346 e. The van der Waals surface area contributed by atoms with Crippen molar-refractivity contribution in [1.82, 2.24) is 14.8 Å². The number of aromatic nitrogens is 1. The van der Waals surface area contributed by atoms with Crippen LogP contribution in [0.4, 0.5) is 18.9 Å². The molecule has 0 bridgehead atoms. The molecule has 0 fully saturated rings. The largest absolute Gasteiger partial charge is 0.416 e. The predicted octanol–water partition coefficient (Wildman–Crippen LogP) is 7.43. The fraction of sp³-hybridized carbons (Fsp3) is 0.200. The first-order chi connectivity index (χ1) is 21.0. The zero-order valence-corrected chi connectivity index (χ0v) is 24.7. The lowest BCUT2D eigenvalue weighted by Gasteiger charge is -2.20. The summed E-state index contributed by atoms with van der Waals surface area (Å²) in [4.78, 5) is 27.8. The van der Waals surface area contributed by atoms with Gasteiger partial charge in [0.25, 0.3) is 5.91 Å². The number of aryl methyl sites for hydroxylation is 1. The van der Waals surface area contributed by atoms with Gasteiger partial charge in [0.15, 0.2) is 0 Å². The maximum atomic E-state index is 13.3. The van der Waals surface area contributed by atoms with E-state index in [-0.39, 0.29) is 24.4 Å². The molecule has 0 spiro atoms. The third kappa shape index (κ3) is 6.84. The van der Waals surface area contributed by atoms with E-state index < -0.39 is 11.7 Å². The second-order valence-electron chi connectivity index (χ2n) is 10.8. The molecule has 1 unspecified atom stereocenters. The van der Waals surface area contributed by atoms with E-state index in [0.717, 1.165) is 34.3 Å². The summed E-state index contributed by atoms with van der Waals surface area (Å²) in [6.07, 6.45) is -4.43. The van der Waals surface area contributed by atoms with Crippen LogP contribution in [0.1, 0.15) is 40.1 Å². The number of benzene rings is 4. The number of carbonyl (C=O) groups excluding carboxylic acids is 2. The Kier molecular flexibility index (Phi) is 8.87. The van der Waals surface area contributed by atoms with Crippen LogP contribution in [0.25, 0.3) is 22.0 Å². The smallest absolute Gasteiger partial charge is 0.346 e. The first-order valence-electron chi connectivity index (χ1n) is 14.2. The van der Waals surface area contributed by atoms with Crippen molar-refractivity contribution in [2.75, 3.05) is 18.9 Å². The van der Waals surface area contributed by atoms with Crippen molar-refractivity contribution in [3.05, 3.63) is 126 Å². The van der Waals surface area contributed by atoms with Crippen LogP contribution in [0.2, 0.25) is 0 Å². The lowest BCUT2D eigenvalue weighted by molar-refractivity contribution is -0.137. The maximum Gasteiger partial charge on any atom is 0.416 e. The molecular formula is C35H33F3N4O2. The van der Waals surface area contributed by atoms with Crippen molar-refractivity contribution >= 4 is 28.4 Å². The molecule has 0 saturated heterocycles. The molecule has 6 nitrogen and oxygen atoms in total. The average Bonchev–Trinajstić information content (AvgIpc) is 3.35. The molecule has 9 heteroatoms. The second-order valence-corrected chi connectivity index (χ2v) is 10.8. The van der Waals surface area contributed by atoms with Gasteiger partial charge in [-0.25, -0.2) is 0 Å². The summed E-state index contributed by atoms with van der Waals surface area (Å²) in [5, 5.41) is 7.17. The van der Waals surface area contributed by atoms with Crippen molar-refractivity contribution in [3.8, 4) is 11.1 Å². The van der Waals surface area contributed by atoms with E-state index in [2.05, 4.69) is 15.2 Å². The first-order valence-corrected chi connectivity index (χ1v) is 14.2. The lowest BCUT2D eigenvalue weighted by Crippen LogP contribution is -2.36. The number of rotatable bonds is 9. The highest BCUT2D eigenvalue weighted by atomic mass is 19.4. The number of likely N-dealkylation sites (N-methyl/N-ethyl adjacent to an activating group) is 1. The van der Waals surface area contributed by atoms with E-state index >= 15 is 0 Å². The molecule has 0 aliphatic carbocycles. The van der Waals surface area contributed by atoms with E-state index in [0.29, 0.717) is 28.9 Å². The van der Waals surface area contributed by atoms with Gasteiger partial charge in [0, 0.05) is 54.5 Å². The van der Waals surface area contributed by atoms with Crippen LogP contribution < -0.4 is 10.6 Å². The molecule has 5 aromatic rings. The Hall–Kier alpha value is -4.89. The normalized spacial score (nSPS) is 12.2. The van der Waals surface area contributed by atoms with E-state index in [1.807, 2.05) is 68.6 Å². The summed E-state index contributed by atoms with van der Waals surface area (Å²) in [6, 6.07) is 28.9. The van der Waals surface area contributed by atoms with Crippen molar-refractivity contribution < 1.29 is 22.8 Å². The Bertz CT molecular complexity index is 1780. The Labute approximate surface area is 254 Å². The van der Waals surface area contributed by atoms with Crippen LogP contribution in [-0.2, 0) is 24.6 Å². The van der Waals surface area contributed by atoms with Crippen LogP contribution >= 0.6 is 0 Å². The molecule has 1 aromatic heterocycles. The van der Waals surface area contributed by atoms with Gasteiger partial charge in [0.2, 0.25) is 5.91 Å². The van der Waals surface area contributed by atoms with E-state index in [1.54, 1.807) is 36.2 Å². The molecular weight excluding hydrogens is 565 g/mol. The van der Waals surface area contributed by atoms with Crippen LogP contribution in [-0.4, -0.2) is 34.9 Å². The van der Waals surface area contributed by atoms with Gasteiger partial charge in [-0.3, -0.25) is 9.59 Å². The second kappa shape index (κ2) is 12.8. The molecule has 1 heterocycles. The monoisotopic (exact) mass is 598 g/mol. The molecule has 2 amide bonds. The number of halogens is 3. The Morgan fingerprint density at radius 1 is 0.886 bits per heavy atom. The molecule has 44 heavy (non-hydrogen) atoms. The van der Waals surface area contributed by atoms with Gasteiger partial charge in [-0.1, -0.05) is 60.7 Å². The standard InChI is InChI=1S/C35H33F3N4O2/c1-23(39-21-33(43)41(2)22-24-9-5-4-6-10-24)32-20-26-19-28(17-18-31(26)42(32)3)40-34(44)30-12-8-7-11-29(30)25-13-15-27(16-14-25)35(36,37)38/h4-20,23,39H,21-22H2,1-3H3,(H,40,44). The third-order valence-electron chi connectivity index (χ3n) is 7.72. The molecule has 0 saturated carbocycles. The molecule has 2 N–H and O–H groups in total. The highest BCUT2D eigenvalue weighted by molar-refractivity contribution is 6.09. The Morgan fingerprint density at radius 3 is 2.27 bits per heavy atom. The summed E-state index contributed by atoms with van der Waals surface area (Å²) in [7, 11) is 3.74. The van der Waals surface area contributed by atoms with E-state index in [4.69, 9.17) is 0 Å². The number of carbonyl (C=O) groups is 2. The number of amides is 2. The van der Waals surface area contributed by atoms with E-state index in [9.17, 15) is 22.8 Å². The van der Waals surface area contributed by atoms with Gasteiger partial charge in [0.05, 0.1) is 12.1 Å². The number of anilines is 1. The van der Waals surface area contributed by atoms with Gasteiger partial charge < -0.3 is 20.1 Å². The number of fused-ring (bicyclic) bond motifs is 1. The molecule has 0 radical (unpaired) electrons. The summed E-state index contributed by atoms with van der Waals surface area (Å²) in [5.41, 5.74) is 4.24. The predicted molar refractivity (Wildman–Crippen MR) is 167 cm³/mol. The average molecular weight is 599 g/mol. The van der Waals surface area contributed by atoms with E-state index in [1.165, 1.54) is 12.1 Å². The maximum absolute atomic E-state index is 13.3. The van der Waals surface area contributed by atoms with Crippen LogP contribution in [0.3, 0.4) is 0 Å². The van der Waals surface area contributed by atoms with Crippen molar-refractivity contribution in [2.45, 2.75) is 25.7 Å². The van der Waals surface area contributed by atoms with Gasteiger partial charge in [-0.15, -0.1) is 0 Å². The third-order valence-corrected chi connectivity index (χ3v) is 7.72. The van der Waals surface area contributed by atoms with Gasteiger partial charge in [-0.2, -0.15) is 13.2 Å². The molecule has 0 aliphatic heterocycles. The van der Waals surface area contributed by atoms with Crippen LogP contribution in [0, 0.1) is 0 Å². The zero-order chi connectivity index (χ0) is 31.4. The van der Waals surface area contributed by atoms with Gasteiger partial charge >= 0.3 is 6.18 Å². The minimum atomic E-state index is -4.43. The van der Waals surface area contributed by atoms with Crippen LogP contribution in [0.15, 0.2) is 103 Å². The Morgan fingerprint density at radius 2 is 1.57 bits per heavy atom. The molecule has 5 rings (SSSR count). The molecule has 4 aromatic carbocycles. The summed E-state index contributed by atoms with van der Waals surface area (Å²) >= 11 is 0. The summed E-state index contributed by atoms with van der Waals surface area (Å²) in [5.74, 6) is -0.384. The highest BCUT2D eigenvalue weighted by Crippen LogP contribution is 2.32. The number of hydrogen-bond acceptors (Lipinski definition) is 3. The zero-order valence-electron chi connectivity index (χ0n) is 24.7. The van der Waals surface area contributed by atoms with Crippen molar-refractivity contribution in [3.63, 3.8) is 0 Å². The quantitative estimate of drug-likeness (QED) is 0.186. The fourth-order valence-electron chi connectivity index (χ4n) is 5.26. The number of nitrogens with zero attached hydrogens (tertiary/aromatic N) is 2. The summed E-state index contributed by atoms with van der Waals surface area (Å²) < 4.78 is 41.2. The Balaban J connectivity index is 1.27. The van der Waals surface area contributed by atoms with Gasteiger partial charge in [-0.05, 0) is 66.1 Å². The SMILES string of the molecule is CC(NCC(=O)N(C)Cc1ccccc1)c1cc2cc(NC(=O)c3ccccc3-c3ccc(C(F)(F)F)cc3)ccc2n1C. The lowest BCUT2D eigenvalue weighted by atomic mass is 9.98. The first kappa shape index (κ1) is 30.6. The molecule has 0 aliphatic rings. The number of nitrogens with one attached hydrogen (secondary N) is 2. The van der Waals surface area contributed by atoms with Crippen molar-refractivity contribution in [2.24, 2.45) is 7.05 Å². The highest BCUT2D eigenvalue weighted by Gasteiger charge is 2.30. The fourth-order valence-corrected chi connectivity index (χ4v) is 5.26. The van der Waals surface area contributed by atoms with Crippen LogP contribution in [0.5, 0.6) is 0 Å². The topological polar surface area (TPSA) is 66.4 Å². The summed E-state index contributed by atoms with van der Waals surface area (Å²) in [6.45, 7) is 2.72. The molecule has 1 atom stereocenters. The minimum absolute atomic E-state index is 0.0129. The van der Waals surface area contributed by atoms with Crippen molar-refractivity contribution in [1.29, 1.82) is 0 Å². The van der Waals surface area contributed by atoms with Gasteiger partial charge in [0.1, 0.15) is 0 Å².